The Kier molecular flexibility index (Phi) is 4.42. The fraction of sp³-hybridized carbons (Fsp3) is 0.538. The van der Waals surface area contributed by atoms with Crippen LogP contribution in [0.25, 0.3) is 0 Å². The number of rotatable bonds is 3. The summed E-state index contributed by atoms with van der Waals surface area (Å²) >= 11 is 3.30. The molecule has 1 aliphatic carbocycles. The van der Waals surface area contributed by atoms with Crippen LogP contribution in [0.1, 0.15) is 31.2 Å². The Hall–Kier alpha value is -0.580. The predicted octanol–water partition coefficient (Wildman–Crippen LogP) is 2.55. The van der Waals surface area contributed by atoms with Crippen LogP contribution >= 0.6 is 15.9 Å². The second-order valence-corrected chi connectivity index (χ2v) is 5.48. The molecule has 94 valence electrons. The molecule has 3 N–H and O–H groups in total. The van der Waals surface area contributed by atoms with Gasteiger partial charge in [0.2, 0.25) is 0 Å². The van der Waals surface area contributed by atoms with Crippen molar-refractivity contribution in [1.82, 2.24) is 5.32 Å². The molecule has 0 saturated heterocycles. The Morgan fingerprint density at radius 1 is 1.29 bits per heavy atom. The minimum Gasteiger partial charge on any atom is -0.507 e. The first-order valence-corrected chi connectivity index (χ1v) is 6.85. The minimum absolute atomic E-state index is 0.205. The van der Waals surface area contributed by atoms with Gasteiger partial charge in [0.25, 0.3) is 0 Å². The van der Waals surface area contributed by atoms with Gasteiger partial charge >= 0.3 is 0 Å². The zero-order valence-corrected chi connectivity index (χ0v) is 11.3. The Balaban J connectivity index is 1.90. The van der Waals surface area contributed by atoms with Crippen LogP contribution in [-0.2, 0) is 6.54 Å². The van der Waals surface area contributed by atoms with Crippen LogP contribution in [0.4, 0.5) is 0 Å². The molecule has 2 rings (SSSR count). The molecule has 2 unspecified atom stereocenters. The lowest BCUT2D eigenvalue weighted by atomic mass is 9.92. The maximum Gasteiger partial charge on any atom is 0.129 e. The number of benzene rings is 1. The summed E-state index contributed by atoms with van der Waals surface area (Å²) in [5, 5.41) is 22.6. The van der Waals surface area contributed by atoms with Crippen molar-refractivity contribution in [3.8, 4) is 5.75 Å². The summed E-state index contributed by atoms with van der Waals surface area (Å²) in [4.78, 5) is 0. The van der Waals surface area contributed by atoms with Crippen LogP contribution in [0, 0.1) is 0 Å². The molecule has 1 aromatic carbocycles. The van der Waals surface area contributed by atoms with Gasteiger partial charge in [-0.3, -0.25) is 0 Å². The Morgan fingerprint density at radius 2 is 2.06 bits per heavy atom. The molecule has 3 nitrogen and oxygen atoms in total. The first-order valence-electron chi connectivity index (χ1n) is 6.05. The third-order valence-corrected chi connectivity index (χ3v) is 3.95. The normalized spacial score (nSPS) is 24.8. The summed E-state index contributed by atoms with van der Waals surface area (Å²) in [6.45, 7) is 0.723. The number of hydrogen-bond donors (Lipinski definition) is 3. The van der Waals surface area contributed by atoms with Gasteiger partial charge in [-0.25, -0.2) is 0 Å². The fourth-order valence-corrected chi connectivity index (χ4v) is 2.68. The first-order chi connectivity index (χ1) is 8.16. The molecule has 17 heavy (non-hydrogen) atoms. The molecule has 1 aliphatic rings. The highest BCUT2D eigenvalue weighted by Crippen LogP contribution is 2.24. The van der Waals surface area contributed by atoms with Crippen molar-refractivity contribution in [2.75, 3.05) is 0 Å². The summed E-state index contributed by atoms with van der Waals surface area (Å²) in [5.74, 6) is 0.256. The lowest BCUT2D eigenvalue weighted by Gasteiger charge is -2.28. The van der Waals surface area contributed by atoms with Crippen molar-refractivity contribution in [1.29, 1.82) is 0 Å². The zero-order chi connectivity index (χ0) is 12.3. The molecule has 0 bridgehead atoms. The predicted molar refractivity (Wildman–Crippen MR) is 70.9 cm³/mol. The number of nitrogens with one attached hydrogen (secondary N) is 1. The summed E-state index contributed by atoms with van der Waals surface area (Å²) in [6.07, 6.45) is 4.04. The summed E-state index contributed by atoms with van der Waals surface area (Å²) in [7, 11) is 0. The summed E-state index contributed by atoms with van der Waals surface area (Å²) in [5.41, 5.74) is 1.10. The molecule has 0 aliphatic heterocycles. The quantitative estimate of drug-likeness (QED) is 0.804. The molecule has 1 saturated carbocycles. The smallest absolute Gasteiger partial charge is 0.129 e. The summed E-state index contributed by atoms with van der Waals surface area (Å²) < 4.78 is 0.709. The van der Waals surface area contributed by atoms with Crippen LogP contribution in [-0.4, -0.2) is 22.4 Å². The largest absolute Gasteiger partial charge is 0.507 e. The van der Waals surface area contributed by atoms with E-state index < -0.39 is 0 Å². The minimum atomic E-state index is -0.218. The van der Waals surface area contributed by atoms with Crippen molar-refractivity contribution < 1.29 is 10.2 Å². The first kappa shape index (κ1) is 12.9. The average Bonchev–Trinajstić information content (AvgIpc) is 2.32. The third-order valence-electron chi connectivity index (χ3n) is 3.31. The van der Waals surface area contributed by atoms with E-state index in [0.717, 1.165) is 31.4 Å². The van der Waals surface area contributed by atoms with E-state index in [4.69, 9.17) is 0 Å². The highest BCUT2D eigenvalue weighted by atomic mass is 79.9. The van der Waals surface area contributed by atoms with Gasteiger partial charge in [0.05, 0.1) is 10.6 Å². The van der Waals surface area contributed by atoms with Gasteiger partial charge in [0.1, 0.15) is 5.75 Å². The molecular weight excluding hydrogens is 282 g/mol. The number of aliphatic hydroxyl groups is 1. The van der Waals surface area contributed by atoms with E-state index in [-0.39, 0.29) is 17.9 Å². The van der Waals surface area contributed by atoms with E-state index in [9.17, 15) is 10.2 Å². The van der Waals surface area contributed by atoms with E-state index in [1.165, 1.54) is 6.42 Å². The van der Waals surface area contributed by atoms with Gasteiger partial charge in [-0.1, -0.05) is 18.9 Å². The van der Waals surface area contributed by atoms with Gasteiger partial charge in [0, 0.05) is 12.6 Å². The third kappa shape index (κ3) is 3.44. The molecule has 0 spiro atoms. The second-order valence-electron chi connectivity index (χ2n) is 4.62. The fourth-order valence-electron chi connectivity index (χ4n) is 2.26. The average molecular weight is 300 g/mol. The van der Waals surface area contributed by atoms with E-state index >= 15 is 0 Å². The van der Waals surface area contributed by atoms with E-state index in [1.54, 1.807) is 6.07 Å². The SMILES string of the molecule is Oc1ccc(CNC2CCCCC2O)cc1Br. The van der Waals surface area contributed by atoms with Crippen LogP contribution in [0.2, 0.25) is 0 Å². The van der Waals surface area contributed by atoms with Crippen LogP contribution in [0.5, 0.6) is 5.75 Å². The number of phenols is 1. The van der Waals surface area contributed by atoms with Crippen LogP contribution in [0.15, 0.2) is 22.7 Å². The van der Waals surface area contributed by atoms with Gasteiger partial charge in [0.15, 0.2) is 0 Å². The Labute approximate surface area is 110 Å². The maximum absolute atomic E-state index is 9.83. The Bertz CT molecular complexity index is 384. The van der Waals surface area contributed by atoms with E-state index in [0.29, 0.717) is 4.47 Å². The van der Waals surface area contributed by atoms with Gasteiger partial charge < -0.3 is 15.5 Å². The van der Waals surface area contributed by atoms with E-state index in [1.807, 2.05) is 12.1 Å². The van der Waals surface area contributed by atoms with E-state index in [2.05, 4.69) is 21.2 Å². The lowest BCUT2D eigenvalue weighted by Crippen LogP contribution is -2.41. The molecule has 1 fully saturated rings. The van der Waals surface area contributed by atoms with Gasteiger partial charge in [-0.2, -0.15) is 0 Å². The molecule has 0 radical (unpaired) electrons. The van der Waals surface area contributed by atoms with Crippen LogP contribution in [0.3, 0.4) is 0 Å². The van der Waals surface area contributed by atoms with Crippen molar-refractivity contribution >= 4 is 15.9 Å². The number of halogens is 1. The van der Waals surface area contributed by atoms with Crippen molar-refractivity contribution in [2.45, 2.75) is 44.4 Å². The topological polar surface area (TPSA) is 52.5 Å². The van der Waals surface area contributed by atoms with Crippen molar-refractivity contribution in [2.24, 2.45) is 0 Å². The van der Waals surface area contributed by atoms with Crippen LogP contribution < -0.4 is 5.32 Å². The molecule has 1 aromatic rings. The number of aromatic hydroxyl groups is 1. The molecular formula is C13H18BrNO2. The van der Waals surface area contributed by atoms with Gasteiger partial charge in [-0.05, 0) is 46.5 Å². The standard InChI is InChI=1S/C13H18BrNO2/c14-10-7-9(5-6-12(10)16)8-15-11-3-1-2-4-13(11)17/h5-7,11,13,15-17H,1-4,8H2. The van der Waals surface area contributed by atoms with Gasteiger partial charge in [-0.15, -0.1) is 0 Å². The second kappa shape index (κ2) is 5.85. The maximum atomic E-state index is 9.83. The molecule has 0 aromatic heterocycles. The molecule has 0 heterocycles. The monoisotopic (exact) mass is 299 g/mol. The Morgan fingerprint density at radius 3 is 2.76 bits per heavy atom. The lowest BCUT2D eigenvalue weighted by molar-refractivity contribution is 0.0902. The number of aliphatic hydroxyl groups excluding tert-OH is 1. The highest BCUT2D eigenvalue weighted by Gasteiger charge is 2.22. The molecule has 4 heteroatoms. The van der Waals surface area contributed by atoms with Crippen molar-refractivity contribution in [3.63, 3.8) is 0 Å². The number of phenolic OH excluding ortho intramolecular Hbond substituents is 1. The number of hydrogen-bond acceptors (Lipinski definition) is 3. The molecule has 0 amide bonds. The van der Waals surface area contributed by atoms with Crippen molar-refractivity contribution in [3.05, 3.63) is 28.2 Å². The summed E-state index contributed by atoms with van der Waals surface area (Å²) in [6, 6.07) is 5.68. The zero-order valence-electron chi connectivity index (χ0n) is 9.69. The highest BCUT2D eigenvalue weighted by molar-refractivity contribution is 9.10. The molecule has 2 atom stereocenters.